The highest BCUT2D eigenvalue weighted by Gasteiger charge is 2.26. The van der Waals surface area contributed by atoms with E-state index in [-0.39, 0.29) is 17.8 Å². The van der Waals surface area contributed by atoms with E-state index in [1.54, 1.807) is 24.3 Å². The summed E-state index contributed by atoms with van der Waals surface area (Å²) in [5, 5.41) is 4.61. The number of amides is 3. The van der Waals surface area contributed by atoms with Crippen LogP contribution < -0.4 is 11.1 Å². The molecule has 3 aromatic rings. The van der Waals surface area contributed by atoms with Crippen LogP contribution in [0.25, 0.3) is 16.8 Å². The average Bonchev–Trinajstić information content (AvgIpc) is 2.78. The zero-order chi connectivity index (χ0) is 23.4. The van der Waals surface area contributed by atoms with Crippen molar-refractivity contribution < 1.29 is 14.0 Å². The number of carbonyl (C=O) groups excluding carboxylic acids is 2. The van der Waals surface area contributed by atoms with E-state index in [0.717, 1.165) is 36.0 Å². The van der Waals surface area contributed by atoms with Crippen LogP contribution in [0.5, 0.6) is 0 Å². The number of nitrogens with two attached hydrogens (primary N) is 1. The van der Waals surface area contributed by atoms with Crippen LogP contribution in [0, 0.1) is 5.82 Å². The van der Waals surface area contributed by atoms with E-state index in [4.69, 9.17) is 5.73 Å². The molecule has 0 bridgehead atoms. The van der Waals surface area contributed by atoms with Gasteiger partial charge in [-0.15, -0.1) is 0 Å². The molecular weight excluding hydrogens is 419 g/mol. The maximum atomic E-state index is 13.1. The molecule has 0 aromatic heterocycles. The van der Waals surface area contributed by atoms with E-state index in [2.05, 4.69) is 10.2 Å². The first-order valence-corrected chi connectivity index (χ1v) is 10.9. The Balaban J connectivity index is 1.44. The zero-order valence-electron chi connectivity index (χ0n) is 18.5. The molecular formula is C26H27FN4O2. The molecule has 0 saturated carbocycles. The highest BCUT2D eigenvalue weighted by molar-refractivity contribution is 5.99. The monoisotopic (exact) mass is 446 g/mol. The summed E-state index contributed by atoms with van der Waals surface area (Å²) in [6.07, 6.45) is 3.26. The highest BCUT2D eigenvalue weighted by Crippen LogP contribution is 2.25. The molecule has 3 N–H and O–H groups in total. The number of hydrogen-bond donors (Lipinski definition) is 2. The molecule has 1 atom stereocenters. The third-order valence-corrected chi connectivity index (χ3v) is 5.90. The van der Waals surface area contributed by atoms with Gasteiger partial charge in [-0.1, -0.05) is 36.4 Å². The van der Waals surface area contributed by atoms with Gasteiger partial charge in [0.1, 0.15) is 5.82 Å². The van der Waals surface area contributed by atoms with Gasteiger partial charge in [-0.2, -0.15) is 0 Å². The number of urea groups is 1. The Morgan fingerprint density at radius 2 is 1.79 bits per heavy atom. The normalized spacial score (nSPS) is 16.9. The minimum Gasteiger partial charge on any atom is -0.351 e. The number of fused-ring (bicyclic) bond motifs is 1. The zero-order valence-corrected chi connectivity index (χ0v) is 18.5. The average molecular weight is 447 g/mol. The SMILES string of the molecule is C[C@@H]1CN(Cc2ccc(F)cc2)CCN1C(=O)/C=C/c1cc2ccccc2cc1NC(N)=O. The predicted molar refractivity (Wildman–Crippen MR) is 129 cm³/mol. The topological polar surface area (TPSA) is 78.7 Å². The van der Waals surface area contributed by atoms with Crippen molar-refractivity contribution in [1.29, 1.82) is 0 Å². The van der Waals surface area contributed by atoms with Crippen molar-refractivity contribution >= 4 is 34.5 Å². The molecule has 7 heteroatoms. The fourth-order valence-electron chi connectivity index (χ4n) is 4.25. The van der Waals surface area contributed by atoms with Gasteiger partial charge < -0.3 is 16.0 Å². The Kier molecular flexibility index (Phi) is 6.70. The molecule has 1 fully saturated rings. The third kappa shape index (κ3) is 5.56. The second-order valence-electron chi connectivity index (χ2n) is 8.35. The van der Waals surface area contributed by atoms with Crippen molar-refractivity contribution in [2.75, 3.05) is 25.0 Å². The number of nitrogens with one attached hydrogen (secondary N) is 1. The summed E-state index contributed by atoms with van der Waals surface area (Å²) in [4.78, 5) is 28.5. The van der Waals surface area contributed by atoms with E-state index in [0.29, 0.717) is 17.8 Å². The molecule has 0 aliphatic carbocycles. The van der Waals surface area contributed by atoms with Crippen LogP contribution in [0.15, 0.2) is 66.7 Å². The van der Waals surface area contributed by atoms with Crippen molar-refractivity contribution in [3.8, 4) is 0 Å². The smallest absolute Gasteiger partial charge is 0.316 e. The highest BCUT2D eigenvalue weighted by atomic mass is 19.1. The predicted octanol–water partition coefficient (Wildman–Crippen LogP) is 4.22. The number of benzene rings is 3. The van der Waals surface area contributed by atoms with Gasteiger partial charge in [0.05, 0.1) is 5.69 Å². The molecule has 33 heavy (non-hydrogen) atoms. The standard InChI is InChI=1S/C26H27FN4O2/c1-18-16-30(17-19-6-9-23(27)10-7-19)12-13-31(18)25(32)11-8-22-14-20-4-2-3-5-21(20)15-24(22)29-26(28)33/h2-11,14-15,18H,12-13,16-17H2,1H3,(H3,28,29,33)/b11-8+/t18-/m1/s1. The number of rotatable bonds is 5. The van der Waals surface area contributed by atoms with E-state index < -0.39 is 6.03 Å². The maximum Gasteiger partial charge on any atom is 0.316 e. The molecule has 3 aromatic carbocycles. The van der Waals surface area contributed by atoms with Crippen LogP contribution >= 0.6 is 0 Å². The number of carbonyl (C=O) groups is 2. The van der Waals surface area contributed by atoms with Crippen molar-refractivity contribution in [3.63, 3.8) is 0 Å². The Hall–Kier alpha value is -3.71. The quantitative estimate of drug-likeness (QED) is 0.576. The molecule has 6 nitrogen and oxygen atoms in total. The number of nitrogens with zero attached hydrogens (tertiary/aromatic N) is 2. The lowest BCUT2D eigenvalue weighted by Gasteiger charge is -2.39. The summed E-state index contributed by atoms with van der Waals surface area (Å²) in [7, 11) is 0. The molecule has 3 amide bonds. The van der Waals surface area contributed by atoms with Crippen molar-refractivity contribution in [2.45, 2.75) is 19.5 Å². The fraction of sp³-hybridized carbons (Fsp3) is 0.231. The lowest BCUT2D eigenvalue weighted by molar-refractivity contribution is -0.130. The Labute approximate surface area is 192 Å². The summed E-state index contributed by atoms with van der Waals surface area (Å²) in [5.41, 5.74) is 7.65. The number of halogens is 1. The number of piperazine rings is 1. The lowest BCUT2D eigenvalue weighted by atomic mass is 10.0. The molecule has 170 valence electrons. The van der Waals surface area contributed by atoms with E-state index in [9.17, 15) is 14.0 Å². The third-order valence-electron chi connectivity index (χ3n) is 5.90. The number of anilines is 1. The first-order valence-electron chi connectivity index (χ1n) is 10.9. The summed E-state index contributed by atoms with van der Waals surface area (Å²) >= 11 is 0. The molecule has 1 heterocycles. The van der Waals surface area contributed by atoms with Crippen molar-refractivity contribution in [3.05, 3.63) is 83.7 Å². The largest absolute Gasteiger partial charge is 0.351 e. The van der Waals surface area contributed by atoms with Crippen LogP contribution in [-0.4, -0.2) is 47.4 Å². The van der Waals surface area contributed by atoms with Gasteiger partial charge in [0.15, 0.2) is 0 Å². The van der Waals surface area contributed by atoms with Crippen LogP contribution in [0.1, 0.15) is 18.1 Å². The lowest BCUT2D eigenvalue weighted by Crippen LogP contribution is -2.53. The van der Waals surface area contributed by atoms with Gasteiger partial charge in [-0.3, -0.25) is 9.69 Å². The van der Waals surface area contributed by atoms with E-state index in [1.807, 2.05) is 48.2 Å². The van der Waals surface area contributed by atoms with Crippen LogP contribution in [0.2, 0.25) is 0 Å². The second-order valence-corrected chi connectivity index (χ2v) is 8.35. The summed E-state index contributed by atoms with van der Waals surface area (Å²) < 4.78 is 13.1. The van der Waals surface area contributed by atoms with Gasteiger partial charge >= 0.3 is 6.03 Å². The van der Waals surface area contributed by atoms with E-state index >= 15 is 0 Å². The fourth-order valence-corrected chi connectivity index (χ4v) is 4.25. The summed E-state index contributed by atoms with van der Waals surface area (Å²) in [5.74, 6) is -0.322. The van der Waals surface area contributed by atoms with Gasteiger partial charge in [0.25, 0.3) is 0 Å². The maximum absolute atomic E-state index is 13.1. The van der Waals surface area contributed by atoms with Gasteiger partial charge in [0, 0.05) is 38.3 Å². The Bertz CT molecular complexity index is 1190. The molecule has 0 spiro atoms. The summed E-state index contributed by atoms with van der Waals surface area (Å²) in [6.45, 7) is 4.84. The van der Waals surface area contributed by atoms with Gasteiger partial charge in [-0.05, 0) is 59.2 Å². The van der Waals surface area contributed by atoms with Crippen molar-refractivity contribution in [2.24, 2.45) is 5.73 Å². The van der Waals surface area contributed by atoms with Gasteiger partial charge in [-0.25, -0.2) is 9.18 Å². The van der Waals surface area contributed by atoms with Crippen LogP contribution in [-0.2, 0) is 11.3 Å². The minimum absolute atomic E-state index is 0.0381. The van der Waals surface area contributed by atoms with Crippen LogP contribution in [0.4, 0.5) is 14.9 Å². The first-order chi connectivity index (χ1) is 15.9. The molecule has 0 unspecified atom stereocenters. The second kappa shape index (κ2) is 9.83. The molecule has 1 saturated heterocycles. The Morgan fingerprint density at radius 3 is 2.45 bits per heavy atom. The minimum atomic E-state index is -0.655. The molecule has 1 aliphatic heterocycles. The van der Waals surface area contributed by atoms with Crippen molar-refractivity contribution in [1.82, 2.24) is 9.80 Å². The first kappa shape index (κ1) is 22.5. The van der Waals surface area contributed by atoms with Gasteiger partial charge in [0.2, 0.25) is 5.91 Å². The van der Waals surface area contributed by atoms with Crippen LogP contribution in [0.3, 0.4) is 0 Å². The number of primary amides is 1. The molecule has 1 aliphatic rings. The molecule has 0 radical (unpaired) electrons. The summed E-state index contributed by atoms with van der Waals surface area (Å²) in [6, 6.07) is 17.5. The number of hydrogen-bond acceptors (Lipinski definition) is 3. The van der Waals surface area contributed by atoms with E-state index in [1.165, 1.54) is 12.1 Å². The molecule has 4 rings (SSSR count). The Morgan fingerprint density at radius 1 is 1.09 bits per heavy atom.